The van der Waals surface area contributed by atoms with Crippen LogP contribution in [0.15, 0.2) is 243 Å². The lowest BCUT2D eigenvalue weighted by atomic mass is 9.81. The molecular weight excluding hydrogens is 817 g/mol. The standard InChI is InChI=1S/C68H40/c1-7-19-41(20-8-1)47-31-32-49(43-23-11-3-12-24-43)61-58-40-55(45-27-15-5-16-28-45)62-53-37-38-54-60-48(42-21-9-2-10-22-42)33-34-50(44-25-13-4-14-26-44)65(60)68-56(46-29-17-6-18-30-46)39-57(63(53)67(54)68)51-35-36-52(59(47)61)64(58)66(51)62/h1-40H. The Morgan fingerprint density at radius 2 is 0.500 bits per heavy atom. The van der Waals surface area contributed by atoms with Gasteiger partial charge < -0.3 is 0 Å². The van der Waals surface area contributed by atoms with E-state index in [0.717, 1.165) is 0 Å². The molecule has 15 rings (SSSR count). The van der Waals surface area contributed by atoms with Crippen molar-refractivity contribution in [1.82, 2.24) is 0 Å². The Bertz CT molecular complexity index is 4170. The Hall–Kier alpha value is -8.84. The van der Waals surface area contributed by atoms with Gasteiger partial charge in [-0.1, -0.05) is 231 Å². The van der Waals surface area contributed by atoms with Gasteiger partial charge in [0.15, 0.2) is 0 Å². The molecule has 0 heterocycles. The van der Waals surface area contributed by atoms with Gasteiger partial charge in [-0.15, -0.1) is 0 Å². The van der Waals surface area contributed by atoms with Crippen LogP contribution in [0.5, 0.6) is 0 Å². The van der Waals surface area contributed by atoms with Gasteiger partial charge in [0.2, 0.25) is 0 Å². The van der Waals surface area contributed by atoms with Gasteiger partial charge in [-0.05, 0) is 166 Å². The first-order chi connectivity index (χ1) is 33.8. The van der Waals surface area contributed by atoms with E-state index in [4.69, 9.17) is 0 Å². The molecule has 0 heteroatoms. The molecule has 0 fully saturated rings. The summed E-state index contributed by atoms with van der Waals surface area (Å²) >= 11 is 0. The van der Waals surface area contributed by atoms with Crippen LogP contribution in [0.1, 0.15) is 0 Å². The normalized spacial score (nSPS) is 12.1. The second-order valence-corrected chi connectivity index (χ2v) is 18.5. The zero-order valence-electron chi connectivity index (χ0n) is 37.1. The van der Waals surface area contributed by atoms with Crippen LogP contribution in [-0.2, 0) is 0 Å². The summed E-state index contributed by atoms with van der Waals surface area (Å²) in [7, 11) is 0. The third-order valence-electron chi connectivity index (χ3n) is 15.1. The monoisotopic (exact) mass is 856 g/mol. The van der Waals surface area contributed by atoms with Gasteiger partial charge in [-0.3, -0.25) is 0 Å². The molecule has 0 saturated heterocycles. The molecule has 0 N–H and O–H groups in total. The molecule has 13 aromatic carbocycles. The highest BCUT2D eigenvalue weighted by molar-refractivity contribution is 6.43. The smallest absolute Gasteiger partial charge is 0.000717 e. The number of benzene rings is 13. The first kappa shape index (κ1) is 37.4. The minimum atomic E-state index is 1.23. The fraction of sp³-hybridized carbons (Fsp3) is 0. The Labute approximate surface area is 395 Å². The summed E-state index contributed by atoms with van der Waals surface area (Å²) in [5.74, 6) is 0. The van der Waals surface area contributed by atoms with E-state index < -0.39 is 0 Å². The molecule has 0 unspecified atom stereocenters. The predicted octanol–water partition coefficient (Wildman–Crippen LogP) is 19.0. The molecule has 0 nitrogen and oxygen atoms in total. The van der Waals surface area contributed by atoms with Crippen molar-refractivity contribution in [3.63, 3.8) is 0 Å². The van der Waals surface area contributed by atoms with Crippen molar-refractivity contribution in [1.29, 1.82) is 0 Å². The molecule has 0 bridgehead atoms. The highest BCUT2D eigenvalue weighted by Gasteiger charge is 2.35. The van der Waals surface area contributed by atoms with Crippen LogP contribution < -0.4 is 0 Å². The second-order valence-electron chi connectivity index (χ2n) is 18.5. The maximum atomic E-state index is 2.56. The Kier molecular flexibility index (Phi) is 7.88. The molecule has 0 radical (unpaired) electrons. The highest BCUT2D eigenvalue weighted by atomic mass is 14.4. The van der Waals surface area contributed by atoms with Crippen molar-refractivity contribution >= 4 is 43.1 Å². The van der Waals surface area contributed by atoms with Crippen LogP contribution in [0.2, 0.25) is 0 Å². The quantitative estimate of drug-likeness (QED) is 0.115. The average molecular weight is 857 g/mol. The summed E-state index contributed by atoms with van der Waals surface area (Å²) in [6.45, 7) is 0. The topological polar surface area (TPSA) is 0 Å². The summed E-state index contributed by atoms with van der Waals surface area (Å²) in [5, 5.41) is 10.6. The van der Waals surface area contributed by atoms with Gasteiger partial charge in [0.1, 0.15) is 0 Å². The van der Waals surface area contributed by atoms with Gasteiger partial charge in [-0.25, -0.2) is 0 Å². The van der Waals surface area contributed by atoms with E-state index >= 15 is 0 Å². The number of hydrogen-bond donors (Lipinski definition) is 0. The minimum Gasteiger partial charge on any atom is -0.0622 e. The average Bonchev–Trinajstić information content (AvgIpc) is 3.95. The van der Waals surface area contributed by atoms with Crippen LogP contribution in [0.3, 0.4) is 0 Å². The van der Waals surface area contributed by atoms with Crippen LogP contribution in [-0.4, -0.2) is 0 Å². The van der Waals surface area contributed by atoms with Crippen molar-refractivity contribution in [3.05, 3.63) is 243 Å². The molecule has 0 aliphatic heterocycles. The summed E-state index contributed by atoms with van der Waals surface area (Å²) < 4.78 is 0. The maximum absolute atomic E-state index is 2.56. The van der Waals surface area contributed by atoms with Crippen molar-refractivity contribution in [3.8, 4) is 111 Å². The Morgan fingerprint density at radius 1 is 0.147 bits per heavy atom. The fourth-order valence-corrected chi connectivity index (χ4v) is 12.4. The maximum Gasteiger partial charge on any atom is -0.000717 e. The summed E-state index contributed by atoms with van der Waals surface area (Å²) in [4.78, 5) is 0. The van der Waals surface area contributed by atoms with Gasteiger partial charge in [0, 0.05) is 0 Å². The van der Waals surface area contributed by atoms with Gasteiger partial charge >= 0.3 is 0 Å². The van der Waals surface area contributed by atoms with Crippen LogP contribution in [0.25, 0.3) is 154 Å². The third kappa shape index (κ3) is 5.15. The SMILES string of the molecule is c1ccc(-c2ccc(-c3ccccc3)c3c2-c2ccc4c5c(-c6ccccc6)cc6c7c(ccc(c8cc(-c9ccccc9)c-3c2c84)c75)-c2c(-c3ccccc3)ccc(-c3ccccc3)c2-6)cc1. The molecule has 0 spiro atoms. The molecule has 312 valence electrons. The van der Waals surface area contributed by atoms with Crippen molar-refractivity contribution in [2.45, 2.75) is 0 Å². The summed E-state index contributed by atoms with van der Waals surface area (Å²) in [6, 6.07) is 90.6. The van der Waals surface area contributed by atoms with Crippen molar-refractivity contribution < 1.29 is 0 Å². The molecular formula is C68H40. The molecule has 0 amide bonds. The molecule has 0 atom stereocenters. The van der Waals surface area contributed by atoms with Gasteiger partial charge in [0.25, 0.3) is 0 Å². The molecule has 68 heavy (non-hydrogen) atoms. The minimum absolute atomic E-state index is 1.23. The van der Waals surface area contributed by atoms with Crippen LogP contribution in [0, 0.1) is 0 Å². The lowest BCUT2D eigenvalue weighted by Gasteiger charge is -2.22. The van der Waals surface area contributed by atoms with E-state index in [9.17, 15) is 0 Å². The molecule has 0 aromatic heterocycles. The summed E-state index contributed by atoms with van der Waals surface area (Å²) in [6.07, 6.45) is 0. The lowest BCUT2D eigenvalue weighted by Crippen LogP contribution is -1.94. The largest absolute Gasteiger partial charge is 0.0622 e. The zero-order chi connectivity index (χ0) is 44.5. The van der Waals surface area contributed by atoms with E-state index in [1.165, 1.54) is 154 Å². The highest BCUT2D eigenvalue weighted by Crippen LogP contribution is 2.63. The van der Waals surface area contributed by atoms with Crippen molar-refractivity contribution in [2.24, 2.45) is 0 Å². The van der Waals surface area contributed by atoms with E-state index in [1.807, 2.05) is 0 Å². The molecule has 0 saturated carbocycles. The number of rotatable bonds is 6. The first-order valence-electron chi connectivity index (χ1n) is 23.8. The van der Waals surface area contributed by atoms with Crippen LogP contribution >= 0.6 is 0 Å². The Morgan fingerprint density at radius 3 is 0.971 bits per heavy atom. The molecule has 13 aromatic rings. The van der Waals surface area contributed by atoms with Crippen molar-refractivity contribution in [2.75, 3.05) is 0 Å². The second kappa shape index (κ2) is 14.3. The van der Waals surface area contributed by atoms with E-state index in [0.29, 0.717) is 0 Å². The molecule has 2 aliphatic rings. The third-order valence-corrected chi connectivity index (χ3v) is 15.1. The lowest BCUT2D eigenvalue weighted by molar-refractivity contribution is 1.58. The van der Waals surface area contributed by atoms with Gasteiger partial charge in [-0.2, -0.15) is 0 Å². The van der Waals surface area contributed by atoms with Gasteiger partial charge in [0.05, 0.1) is 0 Å². The molecule has 2 aliphatic carbocycles. The van der Waals surface area contributed by atoms with E-state index in [1.54, 1.807) is 0 Å². The predicted molar refractivity (Wildman–Crippen MR) is 289 cm³/mol. The summed E-state index contributed by atoms with van der Waals surface area (Å²) in [5.41, 5.74) is 25.4. The van der Waals surface area contributed by atoms with E-state index in [-0.39, 0.29) is 0 Å². The zero-order valence-corrected chi connectivity index (χ0v) is 37.1. The fourth-order valence-electron chi connectivity index (χ4n) is 12.4. The first-order valence-corrected chi connectivity index (χ1v) is 23.8. The van der Waals surface area contributed by atoms with Crippen LogP contribution in [0.4, 0.5) is 0 Å². The van der Waals surface area contributed by atoms with E-state index in [2.05, 4.69) is 243 Å². The Balaban J connectivity index is 1.15. The number of fused-ring (bicyclic) bond motifs is 8. The number of hydrogen-bond acceptors (Lipinski definition) is 0.